The van der Waals surface area contributed by atoms with E-state index in [-0.39, 0.29) is 43.0 Å². The fraction of sp³-hybridized carbons (Fsp3) is 0.0857. The van der Waals surface area contributed by atoms with Gasteiger partial charge in [0.05, 0.1) is 5.76 Å². The molecule has 0 fully saturated rings. The number of aliphatic hydroxyl groups excluding tert-OH is 1. The van der Waals surface area contributed by atoms with Crippen LogP contribution < -0.4 is 0 Å². The molecule has 6 aromatic rings. The van der Waals surface area contributed by atoms with Gasteiger partial charge in [-0.2, -0.15) is 0 Å². The van der Waals surface area contributed by atoms with Crippen molar-refractivity contribution in [1.29, 1.82) is 0 Å². The SMILES string of the molecule is CC(=O)/C=C(/C)O.Fc1c(-c2ccccc2)ccc2c1ccc1c(-c3[c-]c4ccccc4c(C(F)F)c3)nccc12.[Ir]. The van der Waals surface area contributed by atoms with Gasteiger partial charge in [0, 0.05) is 49.0 Å². The second-order valence-corrected chi connectivity index (χ2v) is 9.59. The maximum atomic E-state index is 15.5. The number of nitrogens with zero attached hydrogens (tertiary/aromatic N) is 1. The minimum absolute atomic E-state index is 0. The van der Waals surface area contributed by atoms with Gasteiger partial charge in [0.25, 0.3) is 6.43 Å². The van der Waals surface area contributed by atoms with Crippen molar-refractivity contribution in [3.63, 3.8) is 0 Å². The molecule has 0 unspecified atom stereocenters. The summed E-state index contributed by atoms with van der Waals surface area (Å²) in [6.07, 6.45) is 0.171. The number of fused-ring (bicyclic) bond motifs is 4. The van der Waals surface area contributed by atoms with E-state index in [1.54, 1.807) is 42.6 Å². The van der Waals surface area contributed by atoms with Crippen LogP contribution in [0, 0.1) is 11.9 Å². The molecule has 5 aromatic carbocycles. The molecule has 0 aliphatic heterocycles. The Bertz CT molecular complexity index is 1930. The van der Waals surface area contributed by atoms with Crippen molar-refractivity contribution in [2.75, 3.05) is 0 Å². The van der Waals surface area contributed by atoms with Gasteiger partial charge >= 0.3 is 0 Å². The normalized spacial score (nSPS) is 11.3. The molecule has 1 heterocycles. The van der Waals surface area contributed by atoms with Crippen LogP contribution in [0.5, 0.6) is 0 Å². The number of rotatable bonds is 4. The predicted octanol–water partition coefficient (Wildman–Crippen LogP) is 9.79. The summed E-state index contributed by atoms with van der Waals surface area (Å²) in [6.45, 7) is 2.85. The summed E-state index contributed by atoms with van der Waals surface area (Å²) in [5.41, 5.74) is 2.32. The number of pyridine rings is 1. The molecule has 0 aliphatic rings. The van der Waals surface area contributed by atoms with E-state index in [4.69, 9.17) is 5.11 Å². The van der Waals surface area contributed by atoms with Crippen molar-refractivity contribution in [3.8, 4) is 22.4 Å². The molecular weight excluding hydrogens is 716 g/mol. The number of ketones is 1. The summed E-state index contributed by atoms with van der Waals surface area (Å²) < 4.78 is 43.2. The van der Waals surface area contributed by atoms with E-state index in [1.807, 2.05) is 48.5 Å². The van der Waals surface area contributed by atoms with Crippen LogP contribution in [0.1, 0.15) is 25.8 Å². The van der Waals surface area contributed by atoms with Crippen LogP contribution in [-0.2, 0) is 24.9 Å². The molecule has 0 atom stereocenters. The molecule has 0 saturated heterocycles. The molecule has 1 aromatic heterocycles. The number of carbonyl (C=O) groups is 1. The Hall–Kier alpha value is -4.32. The minimum atomic E-state index is -2.63. The van der Waals surface area contributed by atoms with Gasteiger partial charge in [-0.05, 0) is 47.2 Å². The molecule has 0 aliphatic carbocycles. The standard InChI is InChI=1S/C30H17F3N.C5H8O2.Ir/c31-28-22(18-6-2-1-3-7-18)10-11-23-24-14-15-34-29(26(24)13-12-25(23)28)20-16-19-8-4-5-9-21(19)27(17-20)30(32)33;1-4(6)3-5(2)7;/h1-15,17,30H;3,6H,1-2H3;/q-1;;/b;4-3-;. The van der Waals surface area contributed by atoms with E-state index in [9.17, 15) is 13.6 Å². The van der Waals surface area contributed by atoms with Crippen molar-refractivity contribution in [2.24, 2.45) is 0 Å². The molecular formula is C35H25F3IrNO2-. The first-order valence-electron chi connectivity index (χ1n) is 12.9. The second kappa shape index (κ2) is 13.1. The van der Waals surface area contributed by atoms with Gasteiger partial charge in [-0.25, -0.2) is 13.2 Å². The van der Waals surface area contributed by atoms with E-state index in [2.05, 4.69) is 11.1 Å². The van der Waals surface area contributed by atoms with E-state index >= 15 is 4.39 Å². The maximum Gasteiger partial charge on any atom is 0.251 e. The van der Waals surface area contributed by atoms with Crippen molar-refractivity contribution >= 4 is 38.1 Å². The van der Waals surface area contributed by atoms with E-state index in [0.29, 0.717) is 33.0 Å². The van der Waals surface area contributed by atoms with Crippen molar-refractivity contribution in [3.05, 3.63) is 126 Å². The predicted molar refractivity (Wildman–Crippen MR) is 158 cm³/mol. The second-order valence-electron chi connectivity index (χ2n) is 9.59. The molecule has 1 radical (unpaired) electrons. The summed E-state index contributed by atoms with van der Waals surface area (Å²) >= 11 is 0. The zero-order valence-corrected chi connectivity index (χ0v) is 25.1. The molecule has 42 heavy (non-hydrogen) atoms. The Morgan fingerprint density at radius 2 is 1.48 bits per heavy atom. The number of carbonyl (C=O) groups excluding carboxylic acids is 1. The molecule has 0 bridgehead atoms. The van der Waals surface area contributed by atoms with Crippen LogP contribution in [0.25, 0.3) is 54.7 Å². The Labute approximate surface area is 254 Å². The average Bonchev–Trinajstić information content (AvgIpc) is 2.96. The number of aromatic nitrogens is 1. The zero-order valence-electron chi connectivity index (χ0n) is 22.7. The number of aliphatic hydroxyl groups is 1. The molecule has 6 rings (SSSR count). The zero-order chi connectivity index (χ0) is 29.1. The van der Waals surface area contributed by atoms with Crippen LogP contribution in [0.15, 0.2) is 109 Å². The summed E-state index contributed by atoms with van der Waals surface area (Å²) in [5, 5.41) is 12.3. The fourth-order valence-corrected chi connectivity index (χ4v) is 4.95. The Morgan fingerprint density at radius 3 is 2.14 bits per heavy atom. The molecule has 3 nitrogen and oxygen atoms in total. The Morgan fingerprint density at radius 1 is 0.833 bits per heavy atom. The van der Waals surface area contributed by atoms with Gasteiger partial charge in [0.15, 0.2) is 5.78 Å². The van der Waals surface area contributed by atoms with E-state index in [0.717, 1.165) is 21.7 Å². The summed E-state index contributed by atoms with van der Waals surface area (Å²) in [6, 6.07) is 30.2. The minimum Gasteiger partial charge on any atom is -0.512 e. The fourth-order valence-electron chi connectivity index (χ4n) is 4.95. The summed E-state index contributed by atoms with van der Waals surface area (Å²) in [7, 11) is 0. The maximum absolute atomic E-state index is 15.5. The average molecular weight is 741 g/mol. The van der Waals surface area contributed by atoms with Crippen LogP contribution >= 0.6 is 0 Å². The quantitative estimate of drug-likeness (QED) is 0.0848. The third-order valence-corrected chi connectivity index (χ3v) is 6.67. The van der Waals surface area contributed by atoms with E-state index in [1.165, 1.54) is 26.0 Å². The topological polar surface area (TPSA) is 50.2 Å². The molecule has 0 spiro atoms. The molecule has 213 valence electrons. The van der Waals surface area contributed by atoms with Gasteiger partial charge in [-0.3, -0.25) is 9.78 Å². The van der Waals surface area contributed by atoms with Gasteiger partial charge in [-0.15, -0.1) is 23.6 Å². The van der Waals surface area contributed by atoms with Gasteiger partial charge in [-0.1, -0.05) is 83.7 Å². The number of hydrogen-bond acceptors (Lipinski definition) is 3. The third-order valence-electron chi connectivity index (χ3n) is 6.67. The number of allylic oxidation sites excluding steroid dienone is 2. The smallest absolute Gasteiger partial charge is 0.251 e. The number of benzene rings is 5. The van der Waals surface area contributed by atoms with Crippen molar-refractivity contribution in [2.45, 2.75) is 20.3 Å². The first kappa shape index (κ1) is 30.6. The van der Waals surface area contributed by atoms with Crippen LogP contribution in [-0.4, -0.2) is 15.9 Å². The molecule has 0 saturated carbocycles. The van der Waals surface area contributed by atoms with E-state index < -0.39 is 6.43 Å². The van der Waals surface area contributed by atoms with Crippen LogP contribution in [0.4, 0.5) is 13.2 Å². The Balaban J connectivity index is 0.000000454. The van der Waals surface area contributed by atoms with Gasteiger partial charge < -0.3 is 5.11 Å². The number of halogens is 3. The van der Waals surface area contributed by atoms with Crippen LogP contribution in [0.3, 0.4) is 0 Å². The Kier molecular flexibility index (Phi) is 9.56. The first-order chi connectivity index (χ1) is 19.7. The summed E-state index contributed by atoms with van der Waals surface area (Å²) in [5.74, 6) is -0.353. The van der Waals surface area contributed by atoms with Gasteiger partial charge in [0.2, 0.25) is 0 Å². The monoisotopic (exact) mass is 741 g/mol. The van der Waals surface area contributed by atoms with Gasteiger partial charge in [0.1, 0.15) is 5.82 Å². The molecule has 0 amide bonds. The van der Waals surface area contributed by atoms with Crippen molar-refractivity contribution < 1.29 is 43.2 Å². The number of alkyl halides is 2. The third kappa shape index (κ3) is 6.28. The van der Waals surface area contributed by atoms with Crippen molar-refractivity contribution in [1.82, 2.24) is 4.98 Å². The summed E-state index contributed by atoms with van der Waals surface area (Å²) in [4.78, 5) is 14.5. The van der Waals surface area contributed by atoms with Crippen LogP contribution in [0.2, 0.25) is 0 Å². The number of hydrogen-bond donors (Lipinski definition) is 1. The molecule has 1 N–H and O–H groups in total. The molecule has 7 heteroatoms. The first-order valence-corrected chi connectivity index (χ1v) is 12.9. The largest absolute Gasteiger partial charge is 0.512 e.